The van der Waals surface area contributed by atoms with Crippen molar-refractivity contribution >= 4 is 16.7 Å². The fourth-order valence-electron chi connectivity index (χ4n) is 2.86. The zero-order valence-electron chi connectivity index (χ0n) is 13.6. The van der Waals surface area contributed by atoms with Gasteiger partial charge in [-0.1, -0.05) is 13.8 Å². The van der Waals surface area contributed by atoms with E-state index in [1.54, 1.807) is 0 Å². The van der Waals surface area contributed by atoms with E-state index in [1.165, 1.54) is 0 Å². The molecule has 1 atom stereocenters. The second-order valence-electron chi connectivity index (χ2n) is 6.27. The Hall–Kier alpha value is -1.66. The summed E-state index contributed by atoms with van der Waals surface area (Å²) in [6.07, 6.45) is 3.73. The summed E-state index contributed by atoms with van der Waals surface area (Å²) in [5.41, 5.74) is 2.03. The highest BCUT2D eigenvalue weighted by molar-refractivity contribution is 5.88. The summed E-state index contributed by atoms with van der Waals surface area (Å²) in [7, 11) is 1.92. The van der Waals surface area contributed by atoms with Gasteiger partial charge in [0.25, 0.3) is 0 Å². The summed E-state index contributed by atoms with van der Waals surface area (Å²) >= 11 is 0. The number of aromatic nitrogens is 3. The lowest BCUT2D eigenvalue weighted by atomic mass is 10.0. The fourth-order valence-corrected chi connectivity index (χ4v) is 2.86. The molecule has 22 heavy (non-hydrogen) atoms. The number of aryl methyl sites for hydroxylation is 1. The van der Waals surface area contributed by atoms with Gasteiger partial charge in [-0.3, -0.25) is 9.58 Å². The molecule has 0 saturated carbocycles. The average molecular weight is 303 g/mol. The highest BCUT2D eigenvalue weighted by atomic mass is 16.5. The van der Waals surface area contributed by atoms with Crippen molar-refractivity contribution in [3.63, 3.8) is 0 Å². The fraction of sp³-hybridized carbons (Fsp3) is 0.625. The highest BCUT2D eigenvalue weighted by Gasteiger charge is 2.20. The molecule has 6 nitrogen and oxygen atoms in total. The first kappa shape index (κ1) is 15.2. The molecule has 120 valence electrons. The van der Waals surface area contributed by atoms with Gasteiger partial charge in [-0.15, -0.1) is 0 Å². The molecule has 0 radical (unpaired) electrons. The number of fused-ring (bicyclic) bond motifs is 1. The molecule has 1 unspecified atom stereocenters. The molecule has 1 aliphatic heterocycles. The molecule has 6 heteroatoms. The SMILES string of the molecule is CC(C)C(CN1CCOCC1)Nc1ccnc2c1cnn2C. The predicted molar refractivity (Wildman–Crippen MR) is 88.0 cm³/mol. The predicted octanol–water partition coefficient (Wildman–Crippen LogP) is 1.74. The van der Waals surface area contributed by atoms with Crippen molar-refractivity contribution in [3.8, 4) is 0 Å². The van der Waals surface area contributed by atoms with Gasteiger partial charge in [0.15, 0.2) is 5.65 Å². The molecule has 0 bridgehead atoms. The second kappa shape index (κ2) is 6.62. The standard InChI is InChI=1S/C16H25N5O/c1-12(2)15(11-21-6-8-22-9-7-21)19-14-4-5-17-16-13(14)10-18-20(16)3/h4-5,10,12,15H,6-9,11H2,1-3H3,(H,17,19). The molecular weight excluding hydrogens is 278 g/mol. The molecule has 1 saturated heterocycles. The number of anilines is 1. The van der Waals surface area contributed by atoms with E-state index in [4.69, 9.17) is 4.74 Å². The molecule has 0 amide bonds. The van der Waals surface area contributed by atoms with Crippen LogP contribution in [-0.4, -0.2) is 58.6 Å². The molecule has 2 aromatic rings. The summed E-state index contributed by atoms with van der Waals surface area (Å²) < 4.78 is 7.25. The summed E-state index contributed by atoms with van der Waals surface area (Å²) in [4.78, 5) is 6.88. The van der Waals surface area contributed by atoms with Crippen molar-refractivity contribution in [2.75, 3.05) is 38.2 Å². The van der Waals surface area contributed by atoms with E-state index < -0.39 is 0 Å². The molecule has 1 aliphatic rings. The van der Waals surface area contributed by atoms with Crippen molar-refractivity contribution in [2.45, 2.75) is 19.9 Å². The Kier molecular flexibility index (Phi) is 4.59. The number of nitrogens with zero attached hydrogens (tertiary/aromatic N) is 4. The maximum absolute atomic E-state index is 5.44. The maximum Gasteiger partial charge on any atom is 0.159 e. The Bertz CT molecular complexity index is 618. The Morgan fingerprint density at radius 3 is 2.82 bits per heavy atom. The molecule has 3 heterocycles. The molecular formula is C16H25N5O. The van der Waals surface area contributed by atoms with Crippen LogP contribution in [0.1, 0.15) is 13.8 Å². The monoisotopic (exact) mass is 303 g/mol. The second-order valence-corrected chi connectivity index (χ2v) is 6.27. The quantitative estimate of drug-likeness (QED) is 0.912. The van der Waals surface area contributed by atoms with Crippen LogP contribution in [0.2, 0.25) is 0 Å². The Balaban J connectivity index is 1.77. The summed E-state index contributed by atoms with van der Waals surface area (Å²) in [5, 5.41) is 9.10. The zero-order chi connectivity index (χ0) is 15.5. The first-order chi connectivity index (χ1) is 10.6. The first-order valence-corrected chi connectivity index (χ1v) is 7.98. The van der Waals surface area contributed by atoms with Crippen molar-refractivity contribution in [1.29, 1.82) is 0 Å². The van der Waals surface area contributed by atoms with Gasteiger partial charge >= 0.3 is 0 Å². The van der Waals surface area contributed by atoms with Gasteiger partial charge < -0.3 is 10.1 Å². The molecule has 3 rings (SSSR count). The lowest BCUT2D eigenvalue weighted by Crippen LogP contribution is -2.45. The minimum absolute atomic E-state index is 0.393. The van der Waals surface area contributed by atoms with Gasteiger partial charge in [0.2, 0.25) is 0 Å². The van der Waals surface area contributed by atoms with Crippen molar-refractivity contribution in [1.82, 2.24) is 19.7 Å². The van der Waals surface area contributed by atoms with Gasteiger partial charge in [0.05, 0.1) is 24.8 Å². The van der Waals surface area contributed by atoms with Crippen molar-refractivity contribution < 1.29 is 4.74 Å². The largest absolute Gasteiger partial charge is 0.380 e. The van der Waals surface area contributed by atoms with Crippen LogP contribution in [0.25, 0.3) is 11.0 Å². The molecule has 1 fully saturated rings. The van der Waals surface area contributed by atoms with Gasteiger partial charge in [-0.05, 0) is 12.0 Å². The summed E-state index contributed by atoms with van der Waals surface area (Å²) in [5.74, 6) is 0.544. The normalized spacial score (nSPS) is 18.0. The van der Waals surface area contributed by atoms with E-state index in [-0.39, 0.29) is 0 Å². The van der Waals surface area contributed by atoms with Crippen LogP contribution in [0.4, 0.5) is 5.69 Å². The van der Waals surface area contributed by atoms with Crippen LogP contribution in [0.15, 0.2) is 18.5 Å². The first-order valence-electron chi connectivity index (χ1n) is 7.98. The molecule has 0 spiro atoms. The van der Waals surface area contributed by atoms with Crippen LogP contribution in [0.5, 0.6) is 0 Å². The Morgan fingerprint density at radius 1 is 1.32 bits per heavy atom. The van der Waals surface area contributed by atoms with Gasteiger partial charge in [0, 0.05) is 44.6 Å². The number of hydrogen-bond donors (Lipinski definition) is 1. The van der Waals surface area contributed by atoms with Gasteiger partial charge in [0.1, 0.15) is 0 Å². The number of rotatable bonds is 5. The topological polar surface area (TPSA) is 55.2 Å². The molecule has 0 aliphatic carbocycles. The van der Waals surface area contributed by atoms with Crippen LogP contribution in [0, 0.1) is 5.92 Å². The zero-order valence-corrected chi connectivity index (χ0v) is 13.6. The van der Waals surface area contributed by atoms with Crippen LogP contribution >= 0.6 is 0 Å². The van der Waals surface area contributed by atoms with E-state index >= 15 is 0 Å². The van der Waals surface area contributed by atoms with E-state index in [2.05, 4.69) is 34.1 Å². The van der Waals surface area contributed by atoms with E-state index in [0.717, 1.165) is 49.6 Å². The number of nitrogens with one attached hydrogen (secondary N) is 1. The van der Waals surface area contributed by atoms with Crippen molar-refractivity contribution in [3.05, 3.63) is 18.5 Å². The molecule has 2 aromatic heterocycles. The summed E-state index contributed by atoms with van der Waals surface area (Å²) in [6.45, 7) is 9.28. The van der Waals surface area contributed by atoms with E-state index in [0.29, 0.717) is 12.0 Å². The highest BCUT2D eigenvalue weighted by Crippen LogP contribution is 2.23. The average Bonchev–Trinajstić information content (AvgIpc) is 2.90. The molecule has 1 N–H and O–H groups in total. The number of ether oxygens (including phenoxy) is 1. The lowest BCUT2D eigenvalue weighted by molar-refractivity contribution is 0.0343. The van der Waals surface area contributed by atoms with Gasteiger partial charge in [-0.25, -0.2) is 4.98 Å². The number of hydrogen-bond acceptors (Lipinski definition) is 5. The smallest absolute Gasteiger partial charge is 0.159 e. The minimum Gasteiger partial charge on any atom is -0.380 e. The van der Waals surface area contributed by atoms with Crippen LogP contribution in [0.3, 0.4) is 0 Å². The lowest BCUT2D eigenvalue weighted by Gasteiger charge is -2.33. The Labute approximate surface area is 131 Å². The maximum atomic E-state index is 5.44. The van der Waals surface area contributed by atoms with E-state index in [9.17, 15) is 0 Å². The third-order valence-electron chi connectivity index (χ3n) is 4.34. The minimum atomic E-state index is 0.393. The van der Waals surface area contributed by atoms with Gasteiger partial charge in [-0.2, -0.15) is 5.10 Å². The number of pyridine rings is 1. The van der Waals surface area contributed by atoms with E-state index in [1.807, 2.05) is 30.2 Å². The molecule has 0 aromatic carbocycles. The summed E-state index contributed by atoms with van der Waals surface area (Å²) in [6, 6.07) is 2.43. The third-order valence-corrected chi connectivity index (χ3v) is 4.34. The number of morpholine rings is 1. The third kappa shape index (κ3) is 3.23. The Morgan fingerprint density at radius 2 is 2.09 bits per heavy atom. The van der Waals surface area contributed by atoms with Crippen LogP contribution < -0.4 is 5.32 Å². The van der Waals surface area contributed by atoms with Crippen molar-refractivity contribution in [2.24, 2.45) is 13.0 Å². The van der Waals surface area contributed by atoms with Crippen LogP contribution in [-0.2, 0) is 11.8 Å².